The topological polar surface area (TPSA) is 34.9 Å². The molecular weight excluding hydrogens is 140 g/mol. The zero-order valence-corrected chi connectivity index (χ0v) is 5.59. The van der Waals surface area contributed by atoms with E-state index in [0.717, 1.165) is 0 Å². The van der Waals surface area contributed by atoms with Crippen molar-refractivity contribution in [3.8, 4) is 0 Å². The first-order valence-electron chi connectivity index (χ1n) is 2.42. The molecule has 48 valence electrons. The molecule has 0 N–H and O–H groups in total. The van der Waals surface area contributed by atoms with Crippen molar-refractivity contribution in [2.24, 2.45) is 0 Å². The zero-order chi connectivity index (χ0) is 6.85. The molecule has 0 saturated carbocycles. The van der Waals surface area contributed by atoms with Crippen LogP contribution in [0.5, 0.6) is 0 Å². The molecule has 0 atom stereocenters. The van der Waals surface area contributed by atoms with Gasteiger partial charge in [0.15, 0.2) is 5.15 Å². The van der Waals surface area contributed by atoms with Crippen molar-refractivity contribution in [2.45, 2.75) is 6.92 Å². The molecular formula is C5H5ClN2O. The number of hydrogen-bond donors (Lipinski definition) is 0. The van der Waals surface area contributed by atoms with Crippen molar-refractivity contribution in [1.29, 1.82) is 0 Å². The van der Waals surface area contributed by atoms with E-state index >= 15 is 0 Å². The number of hydrogen-bond acceptors (Lipinski definition) is 2. The van der Waals surface area contributed by atoms with Gasteiger partial charge in [0.25, 0.3) is 0 Å². The van der Waals surface area contributed by atoms with Crippen LogP contribution in [-0.2, 0) is 0 Å². The summed E-state index contributed by atoms with van der Waals surface area (Å²) in [5, 5.41) is 3.98. The average molecular weight is 145 g/mol. The van der Waals surface area contributed by atoms with Gasteiger partial charge in [0.2, 0.25) is 5.91 Å². The van der Waals surface area contributed by atoms with E-state index in [1.54, 1.807) is 6.07 Å². The SMILES string of the molecule is CC(=O)n1ccc(Cl)n1. The van der Waals surface area contributed by atoms with E-state index in [4.69, 9.17) is 11.6 Å². The number of rotatable bonds is 0. The van der Waals surface area contributed by atoms with E-state index in [1.807, 2.05) is 0 Å². The molecule has 0 spiro atoms. The Balaban J connectivity index is 2.98. The minimum absolute atomic E-state index is 0.137. The lowest BCUT2D eigenvalue weighted by atomic mass is 10.7. The van der Waals surface area contributed by atoms with Gasteiger partial charge >= 0.3 is 0 Å². The van der Waals surface area contributed by atoms with Crippen molar-refractivity contribution in [1.82, 2.24) is 9.78 Å². The average Bonchev–Trinajstić information content (AvgIpc) is 2.14. The smallest absolute Gasteiger partial charge is 0.243 e. The summed E-state index contributed by atoms with van der Waals surface area (Å²) in [6.07, 6.45) is 1.52. The van der Waals surface area contributed by atoms with Crippen LogP contribution in [0.4, 0.5) is 0 Å². The minimum Gasteiger partial charge on any atom is -0.273 e. The Labute approximate surface area is 57.2 Å². The fraction of sp³-hybridized carbons (Fsp3) is 0.200. The Kier molecular flexibility index (Phi) is 1.53. The molecule has 3 nitrogen and oxygen atoms in total. The Morgan fingerprint density at radius 3 is 2.78 bits per heavy atom. The van der Waals surface area contributed by atoms with Crippen LogP contribution in [0, 0.1) is 0 Å². The maximum atomic E-state index is 10.5. The monoisotopic (exact) mass is 144 g/mol. The Morgan fingerprint density at radius 2 is 2.56 bits per heavy atom. The highest BCUT2D eigenvalue weighted by molar-refractivity contribution is 6.29. The molecule has 0 bridgehead atoms. The van der Waals surface area contributed by atoms with Gasteiger partial charge in [-0.25, -0.2) is 4.68 Å². The fourth-order valence-corrected chi connectivity index (χ4v) is 0.615. The van der Waals surface area contributed by atoms with Gasteiger partial charge in [0, 0.05) is 13.1 Å². The molecule has 4 heteroatoms. The standard InChI is InChI=1S/C5H5ClN2O/c1-4(9)8-3-2-5(6)7-8/h2-3H,1H3. The number of carbonyl (C=O) groups is 1. The van der Waals surface area contributed by atoms with Gasteiger partial charge in [-0.1, -0.05) is 11.6 Å². The summed E-state index contributed by atoms with van der Waals surface area (Å²) in [5.74, 6) is -0.137. The Hall–Kier alpha value is -0.830. The molecule has 0 amide bonds. The predicted molar refractivity (Wildman–Crippen MR) is 33.5 cm³/mol. The summed E-state index contributed by atoms with van der Waals surface area (Å²) in [6.45, 7) is 1.42. The van der Waals surface area contributed by atoms with E-state index in [1.165, 1.54) is 17.8 Å². The van der Waals surface area contributed by atoms with Crippen LogP contribution < -0.4 is 0 Å². The Bertz CT molecular complexity index is 231. The van der Waals surface area contributed by atoms with Gasteiger partial charge < -0.3 is 0 Å². The quantitative estimate of drug-likeness (QED) is 0.549. The first kappa shape index (κ1) is 6.29. The third-order valence-electron chi connectivity index (χ3n) is 0.879. The van der Waals surface area contributed by atoms with E-state index in [0.29, 0.717) is 5.15 Å². The van der Waals surface area contributed by atoms with E-state index < -0.39 is 0 Å². The van der Waals surface area contributed by atoms with Crippen LogP contribution in [0.25, 0.3) is 0 Å². The van der Waals surface area contributed by atoms with E-state index in [2.05, 4.69) is 5.10 Å². The lowest BCUT2D eigenvalue weighted by Gasteiger charge is -1.87. The highest BCUT2D eigenvalue weighted by atomic mass is 35.5. The minimum atomic E-state index is -0.137. The second-order valence-electron chi connectivity index (χ2n) is 1.60. The van der Waals surface area contributed by atoms with Crippen molar-refractivity contribution < 1.29 is 4.79 Å². The Morgan fingerprint density at radius 1 is 1.89 bits per heavy atom. The molecule has 1 rings (SSSR count). The van der Waals surface area contributed by atoms with Crippen LogP contribution in [0.2, 0.25) is 5.15 Å². The summed E-state index contributed by atoms with van der Waals surface area (Å²) in [7, 11) is 0. The maximum absolute atomic E-state index is 10.5. The summed E-state index contributed by atoms with van der Waals surface area (Å²) in [6, 6.07) is 1.56. The van der Waals surface area contributed by atoms with Gasteiger partial charge in [-0.3, -0.25) is 4.79 Å². The molecule has 0 aliphatic carbocycles. The van der Waals surface area contributed by atoms with Crippen LogP contribution in [0.3, 0.4) is 0 Å². The number of nitrogens with zero attached hydrogens (tertiary/aromatic N) is 2. The zero-order valence-electron chi connectivity index (χ0n) is 4.84. The lowest BCUT2D eigenvalue weighted by molar-refractivity contribution is 0.0921. The van der Waals surface area contributed by atoms with Gasteiger partial charge in [-0.05, 0) is 6.07 Å². The summed E-state index contributed by atoms with van der Waals surface area (Å²) < 4.78 is 1.18. The molecule has 0 aliphatic heterocycles. The van der Waals surface area contributed by atoms with Crippen molar-refractivity contribution in [3.63, 3.8) is 0 Å². The number of carbonyl (C=O) groups excluding carboxylic acids is 1. The molecule has 0 radical (unpaired) electrons. The third-order valence-corrected chi connectivity index (χ3v) is 1.08. The number of halogens is 1. The van der Waals surface area contributed by atoms with Crippen LogP contribution in [-0.4, -0.2) is 15.7 Å². The highest BCUT2D eigenvalue weighted by Crippen LogP contribution is 2.01. The second-order valence-corrected chi connectivity index (χ2v) is 1.99. The van der Waals surface area contributed by atoms with Crippen LogP contribution in [0.1, 0.15) is 11.7 Å². The molecule has 9 heavy (non-hydrogen) atoms. The predicted octanol–water partition coefficient (Wildman–Crippen LogP) is 1.20. The molecule has 1 aromatic rings. The lowest BCUT2D eigenvalue weighted by Crippen LogP contribution is -2.04. The highest BCUT2D eigenvalue weighted by Gasteiger charge is 1.97. The van der Waals surface area contributed by atoms with Crippen LogP contribution >= 0.6 is 11.6 Å². The van der Waals surface area contributed by atoms with Gasteiger partial charge in [-0.2, -0.15) is 5.10 Å². The van der Waals surface area contributed by atoms with Crippen molar-refractivity contribution >= 4 is 17.5 Å². The molecule has 1 heterocycles. The summed E-state index contributed by atoms with van der Waals surface area (Å²) >= 11 is 5.42. The summed E-state index contributed by atoms with van der Waals surface area (Å²) in [4.78, 5) is 10.5. The van der Waals surface area contributed by atoms with Crippen molar-refractivity contribution in [3.05, 3.63) is 17.4 Å². The molecule has 1 aromatic heterocycles. The first-order valence-corrected chi connectivity index (χ1v) is 2.80. The van der Waals surface area contributed by atoms with Gasteiger partial charge in [-0.15, -0.1) is 0 Å². The summed E-state index contributed by atoms with van der Waals surface area (Å²) in [5.41, 5.74) is 0. The molecule has 0 unspecified atom stereocenters. The normalized spacial score (nSPS) is 9.56. The largest absolute Gasteiger partial charge is 0.273 e. The third kappa shape index (κ3) is 1.29. The molecule has 0 saturated heterocycles. The second kappa shape index (κ2) is 2.19. The first-order chi connectivity index (χ1) is 4.20. The molecule has 0 aromatic carbocycles. The van der Waals surface area contributed by atoms with E-state index in [-0.39, 0.29) is 5.91 Å². The van der Waals surface area contributed by atoms with Crippen molar-refractivity contribution in [2.75, 3.05) is 0 Å². The number of aromatic nitrogens is 2. The fourth-order valence-electron chi connectivity index (χ4n) is 0.477. The molecule has 0 aliphatic rings. The van der Waals surface area contributed by atoms with Gasteiger partial charge in [0.1, 0.15) is 0 Å². The maximum Gasteiger partial charge on any atom is 0.243 e. The van der Waals surface area contributed by atoms with Gasteiger partial charge in [0.05, 0.1) is 0 Å². The molecule has 0 fully saturated rings. The van der Waals surface area contributed by atoms with Crippen LogP contribution in [0.15, 0.2) is 12.3 Å². The van der Waals surface area contributed by atoms with E-state index in [9.17, 15) is 4.79 Å².